The minimum atomic E-state index is -3.36. The molecule has 0 unspecified atom stereocenters. The lowest BCUT2D eigenvalue weighted by molar-refractivity contribution is 0.499. The molecule has 1 aromatic heterocycles. The Hall–Kier alpha value is -0.690. The van der Waals surface area contributed by atoms with E-state index in [0.29, 0.717) is 17.5 Å². The fourth-order valence-electron chi connectivity index (χ4n) is 1.58. The predicted molar refractivity (Wildman–Crippen MR) is 74.2 cm³/mol. The maximum absolute atomic E-state index is 12.2. The van der Waals surface area contributed by atoms with E-state index in [1.807, 2.05) is 0 Å². The first-order chi connectivity index (χ1) is 8.54. The Morgan fingerprint density at radius 2 is 2.33 bits per heavy atom. The summed E-state index contributed by atoms with van der Waals surface area (Å²) in [5, 5.41) is 5.09. The average Bonchev–Trinajstić information content (AvgIpc) is 3.03. The molecule has 1 N–H and O–H groups in total. The molecule has 0 aliphatic heterocycles. The highest BCUT2D eigenvalue weighted by Gasteiger charge is 2.23. The van der Waals surface area contributed by atoms with Crippen molar-refractivity contribution in [2.75, 3.05) is 13.6 Å². The Labute approximate surface area is 112 Å². The molecule has 100 valence electrons. The van der Waals surface area contributed by atoms with Crippen LogP contribution in [-0.2, 0) is 16.6 Å². The molecule has 1 saturated carbocycles. The van der Waals surface area contributed by atoms with Crippen LogP contribution in [0.3, 0.4) is 0 Å². The van der Waals surface area contributed by atoms with Gasteiger partial charge in [0.2, 0.25) is 10.0 Å². The van der Waals surface area contributed by atoms with Crippen LogP contribution in [-0.4, -0.2) is 32.4 Å². The van der Waals surface area contributed by atoms with Crippen molar-refractivity contribution in [1.82, 2.24) is 9.62 Å². The van der Waals surface area contributed by atoms with Gasteiger partial charge >= 0.3 is 0 Å². The van der Waals surface area contributed by atoms with Crippen molar-refractivity contribution in [2.45, 2.75) is 30.3 Å². The van der Waals surface area contributed by atoms with Gasteiger partial charge in [0.15, 0.2) is 0 Å². The number of hydrogen-bond donors (Lipinski definition) is 1. The van der Waals surface area contributed by atoms with E-state index in [1.54, 1.807) is 24.6 Å². The average molecular weight is 286 g/mol. The van der Waals surface area contributed by atoms with E-state index < -0.39 is 10.0 Å². The molecule has 1 aliphatic carbocycles. The lowest BCUT2D eigenvalue weighted by Crippen LogP contribution is -2.26. The molecule has 1 heterocycles. The molecule has 2 rings (SSSR count). The third kappa shape index (κ3) is 3.20. The van der Waals surface area contributed by atoms with Gasteiger partial charge < -0.3 is 5.32 Å². The van der Waals surface area contributed by atoms with E-state index in [2.05, 4.69) is 11.9 Å². The molecule has 18 heavy (non-hydrogen) atoms. The van der Waals surface area contributed by atoms with Crippen LogP contribution in [0.1, 0.15) is 17.7 Å². The van der Waals surface area contributed by atoms with Gasteiger partial charge in [-0.3, -0.25) is 0 Å². The molecule has 1 aromatic rings. The second-order valence-corrected chi connectivity index (χ2v) is 7.52. The zero-order valence-corrected chi connectivity index (χ0v) is 12.1. The summed E-state index contributed by atoms with van der Waals surface area (Å²) in [7, 11) is -1.79. The highest BCUT2D eigenvalue weighted by Crippen LogP contribution is 2.24. The molecular formula is C12H18N2O2S2. The first kappa shape index (κ1) is 13.7. The summed E-state index contributed by atoms with van der Waals surface area (Å²) >= 11 is 1.49. The summed E-state index contributed by atoms with van der Waals surface area (Å²) in [5.74, 6) is 0. The maximum Gasteiger partial charge on any atom is 0.243 e. The zero-order chi connectivity index (χ0) is 13.2. The smallest absolute Gasteiger partial charge is 0.243 e. The topological polar surface area (TPSA) is 49.4 Å². The van der Waals surface area contributed by atoms with Crippen LogP contribution in [0.2, 0.25) is 0 Å². The molecular weight excluding hydrogens is 268 g/mol. The van der Waals surface area contributed by atoms with Gasteiger partial charge in [-0.1, -0.05) is 6.08 Å². The normalized spacial score (nSPS) is 16.1. The monoisotopic (exact) mass is 286 g/mol. The molecule has 1 aliphatic rings. The van der Waals surface area contributed by atoms with Gasteiger partial charge in [-0.25, -0.2) is 8.42 Å². The predicted octanol–water partition coefficient (Wildman–Crippen LogP) is 1.81. The third-order valence-corrected chi connectivity index (χ3v) is 5.75. The van der Waals surface area contributed by atoms with Crippen LogP contribution in [0.4, 0.5) is 0 Å². The van der Waals surface area contributed by atoms with Gasteiger partial charge in [0.25, 0.3) is 0 Å². The Balaban J connectivity index is 2.05. The quantitative estimate of drug-likeness (QED) is 0.778. The van der Waals surface area contributed by atoms with Crippen LogP contribution in [0.15, 0.2) is 29.0 Å². The van der Waals surface area contributed by atoms with Crippen molar-refractivity contribution < 1.29 is 8.42 Å². The van der Waals surface area contributed by atoms with Gasteiger partial charge in [-0.2, -0.15) is 4.31 Å². The van der Waals surface area contributed by atoms with E-state index in [9.17, 15) is 8.42 Å². The Morgan fingerprint density at radius 1 is 1.61 bits per heavy atom. The van der Waals surface area contributed by atoms with Crippen molar-refractivity contribution in [3.8, 4) is 0 Å². The molecule has 0 saturated heterocycles. The fraction of sp³-hybridized carbons (Fsp3) is 0.500. The second-order valence-electron chi connectivity index (χ2n) is 4.48. The molecule has 6 heteroatoms. The maximum atomic E-state index is 12.2. The van der Waals surface area contributed by atoms with Crippen LogP contribution >= 0.6 is 11.3 Å². The largest absolute Gasteiger partial charge is 0.309 e. The Kier molecular flexibility index (Phi) is 4.21. The summed E-state index contributed by atoms with van der Waals surface area (Å²) < 4.78 is 25.6. The van der Waals surface area contributed by atoms with Crippen molar-refractivity contribution in [3.63, 3.8) is 0 Å². The van der Waals surface area contributed by atoms with Crippen molar-refractivity contribution in [2.24, 2.45) is 0 Å². The number of nitrogens with zero attached hydrogens (tertiary/aromatic N) is 1. The molecule has 0 amide bonds. The van der Waals surface area contributed by atoms with E-state index in [1.165, 1.54) is 28.5 Å². The van der Waals surface area contributed by atoms with Crippen LogP contribution < -0.4 is 5.32 Å². The van der Waals surface area contributed by atoms with E-state index in [-0.39, 0.29) is 0 Å². The van der Waals surface area contributed by atoms with Crippen LogP contribution in [0.25, 0.3) is 0 Å². The molecule has 0 spiro atoms. The van der Waals surface area contributed by atoms with Gasteiger partial charge in [-0.05, 0) is 18.9 Å². The molecule has 0 aromatic carbocycles. The van der Waals surface area contributed by atoms with Crippen LogP contribution in [0, 0.1) is 0 Å². The number of nitrogens with one attached hydrogen (secondary N) is 1. The standard InChI is InChI=1S/C12H18N2O2S2/c1-3-6-14(2)18(15,16)12-7-11(17-9-12)8-13-10-4-5-10/h3,7,9-10,13H,1,4-6,8H2,2H3. The number of hydrogen-bond acceptors (Lipinski definition) is 4. The zero-order valence-electron chi connectivity index (χ0n) is 10.4. The second kappa shape index (κ2) is 5.52. The summed E-state index contributed by atoms with van der Waals surface area (Å²) in [6.07, 6.45) is 4.05. The SMILES string of the molecule is C=CCN(C)S(=O)(=O)c1csc(CNC2CC2)c1. The summed E-state index contributed by atoms with van der Waals surface area (Å²) in [4.78, 5) is 1.44. The highest BCUT2D eigenvalue weighted by molar-refractivity contribution is 7.89. The molecule has 0 bridgehead atoms. The Bertz CT molecular complexity index is 518. The van der Waals surface area contributed by atoms with E-state index in [4.69, 9.17) is 0 Å². The molecule has 4 nitrogen and oxygen atoms in total. The van der Waals surface area contributed by atoms with Crippen molar-refractivity contribution in [1.29, 1.82) is 0 Å². The number of thiophene rings is 1. The minimum absolute atomic E-state index is 0.327. The highest BCUT2D eigenvalue weighted by atomic mass is 32.2. The van der Waals surface area contributed by atoms with Crippen molar-refractivity contribution >= 4 is 21.4 Å². The number of rotatable bonds is 7. The summed E-state index contributed by atoms with van der Waals surface area (Å²) in [6, 6.07) is 2.39. The first-order valence-corrected chi connectivity index (χ1v) is 8.24. The van der Waals surface area contributed by atoms with Gasteiger partial charge in [-0.15, -0.1) is 17.9 Å². The van der Waals surface area contributed by atoms with E-state index in [0.717, 1.165) is 11.4 Å². The molecule has 1 fully saturated rings. The third-order valence-electron chi connectivity index (χ3n) is 2.87. The minimum Gasteiger partial charge on any atom is -0.309 e. The lowest BCUT2D eigenvalue weighted by Gasteiger charge is -2.13. The van der Waals surface area contributed by atoms with Crippen molar-refractivity contribution in [3.05, 3.63) is 29.0 Å². The van der Waals surface area contributed by atoms with Crippen LogP contribution in [0.5, 0.6) is 0 Å². The van der Waals surface area contributed by atoms with E-state index >= 15 is 0 Å². The molecule has 0 atom stereocenters. The molecule has 0 radical (unpaired) electrons. The van der Waals surface area contributed by atoms with Gasteiger partial charge in [0.05, 0.1) is 4.90 Å². The summed E-state index contributed by atoms with van der Waals surface area (Å²) in [5.41, 5.74) is 0. The Morgan fingerprint density at radius 3 is 2.94 bits per heavy atom. The summed E-state index contributed by atoms with van der Waals surface area (Å²) in [6.45, 7) is 4.64. The fourth-order valence-corrected chi connectivity index (χ4v) is 3.94. The van der Waals surface area contributed by atoms with Gasteiger partial charge in [0, 0.05) is 36.4 Å². The first-order valence-electron chi connectivity index (χ1n) is 5.92. The number of likely N-dealkylation sites (N-methyl/N-ethyl adjacent to an activating group) is 1. The van der Waals surface area contributed by atoms with Gasteiger partial charge in [0.1, 0.15) is 0 Å². The lowest BCUT2D eigenvalue weighted by atomic mass is 10.4. The number of sulfonamides is 1.